The first kappa shape index (κ1) is 19.8. The lowest BCUT2D eigenvalue weighted by Gasteiger charge is -2.50. The van der Waals surface area contributed by atoms with E-state index < -0.39 is 0 Å². The molecular weight excluding hydrogens is 364 g/mol. The van der Waals surface area contributed by atoms with Crippen molar-refractivity contribution in [2.24, 2.45) is 0 Å². The Balaban J connectivity index is 1.51. The maximum absolute atomic E-state index is 13.1. The van der Waals surface area contributed by atoms with E-state index in [4.69, 9.17) is 9.47 Å². The number of carbonyl (C=O) groups excluding carboxylic acids is 1. The predicted octanol–water partition coefficient (Wildman–Crippen LogP) is 3.42. The molecule has 29 heavy (non-hydrogen) atoms. The molecule has 2 aromatic carbocycles. The molecule has 2 aliphatic heterocycles. The van der Waals surface area contributed by atoms with E-state index >= 15 is 0 Å². The second kappa shape index (κ2) is 7.71. The first-order valence-electron chi connectivity index (χ1n) is 10.2. The molecule has 0 aromatic heterocycles. The van der Waals surface area contributed by atoms with Crippen LogP contribution in [0.3, 0.4) is 0 Å². The van der Waals surface area contributed by atoms with E-state index in [2.05, 4.69) is 43.0 Å². The highest BCUT2D eigenvalue weighted by molar-refractivity contribution is 5.79. The molecule has 1 unspecified atom stereocenters. The lowest BCUT2D eigenvalue weighted by atomic mass is 9.75. The number of hydrogen-bond donors (Lipinski definition) is 0. The van der Waals surface area contributed by atoms with E-state index in [1.165, 1.54) is 11.1 Å². The summed E-state index contributed by atoms with van der Waals surface area (Å²) >= 11 is 0. The Hall–Kier alpha value is -2.53. The number of fused-ring (bicyclic) bond motifs is 3. The highest BCUT2D eigenvalue weighted by Crippen LogP contribution is 2.41. The van der Waals surface area contributed by atoms with Crippen molar-refractivity contribution < 1.29 is 14.3 Å². The molecule has 5 heteroatoms. The fraction of sp³-hybridized carbons (Fsp3) is 0.458. The molecule has 2 aromatic rings. The van der Waals surface area contributed by atoms with Gasteiger partial charge in [0.1, 0.15) is 0 Å². The van der Waals surface area contributed by atoms with Gasteiger partial charge in [-0.05, 0) is 28.8 Å². The average Bonchev–Trinajstić information content (AvgIpc) is 2.73. The summed E-state index contributed by atoms with van der Waals surface area (Å²) in [6, 6.07) is 14.7. The maximum Gasteiger partial charge on any atom is 0.227 e. The van der Waals surface area contributed by atoms with Crippen molar-refractivity contribution in [2.45, 2.75) is 31.7 Å². The Bertz CT molecular complexity index is 909. The van der Waals surface area contributed by atoms with Crippen molar-refractivity contribution >= 4 is 5.91 Å². The zero-order valence-electron chi connectivity index (χ0n) is 17.8. The van der Waals surface area contributed by atoms with Gasteiger partial charge < -0.3 is 14.4 Å². The minimum Gasteiger partial charge on any atom is -0.493 e. The zero-order chi connectivity index (χ0) is 20.6. The minimum absolute atomic E-state index is 0.138. The van der Waals surface area contributed by atoms with Gasteiger partial charge in [0.25, 0.3) is 0 Å². The van der Waals surface area contributed by atoms with Gasteiger partial charge in [0.05, 0.1) is 26.7 Å². The zero-order valence-corrected chi connectivity index (χ0v) is 17.8. The summed E-state index contributed by atoms with van der Waals surface area (Å²) in [6.45, 7) is 8.11. The quantitative estimate of drug-likeness (QED) is 0.797. The lowest BCUT2D eigenvalue weighted by Crippen LogP contribution is -2.56. The molecule has 4 rings (SSSR count). The van der Waals surface area contributed by atoms with Gasteiger partial charge in [0.15, 0.2) is 11.5 Å². The minimum atomic E-state index is 0.138. The number of carbonyl (C=O) groups is 1. The van der Waals surface area contributed by atoms with Crippen molar-refractivity contribution in [3.05, 3.63) is 59.2 Å². The second-order valence-corrected chi connectivity index (χ2v) is 8.66. The molecule has 0 spiro atoms. The third-order valence-corrected chi connectivity index (χ3v) is 6.29. The summed E-state index contributed by atoms with van der Waals surface area (Å²) < 4.78 is 10.7. The first-order chi connectivity index (χ1) is 13.9. The molecule has 0 radical (unpaired) electrons. The van der Waals surface area contributed by atoms with Crippen LogP contribution in [0.5, 0.6) is 11.5 Å². The topological polar surface area (TPSA) is 42.0 Å². The third kappa shape index (κ3) is 3.71. The van der Waals surface area contributed by atoms with Crippen molar-refractivity contribution in [3.8, 4) is 11.5 Å². The number of benzene rings is 2. The van der Waals surface area contributed by atoms with Crippen LogP contribution >= 0.6 is 0 Å². The fourth-order valence-corrected chi connectivity index (χ4v) is 4.81. The van der Waals surface area contributed by atoms with Gasteiger partial charge in [0.2, 0.25) is 5.91 Å². The molecule has 2 aliphatic rings. The maximum atomic E-state index is 13.1. The Morgan fingerprint density at radius 1 is 1.07 bits per heavy atom. The number of ether oxygens (including phenoxy) is 2. The fourth-order valence-electron chi connectivity index (χ4n) is 4.81. The van der Waals surface area contributed by atoms with Crippen LogP contribution in [-0.4, -0.2) is 56.1 Å². The van der Waals surface area contributed by atoms with Crippen LogP contribution in [0.2, 0.25) is 0 Å². The normalized spacial score (nSPS) is 20.6. The van der Waals surface area contributed by atoms with Crippen molar-refractivity contribution in [1.29, 1.82) is 0 Å². The molecule has 5 nitrogen and oxygen atoms in total. The van der Waals surface area contributed by atoms with Gasteiger partial charge in [-0.3, -0.25) is 9.69 Å². The standard InChI is InChI=1S/C24H30N2O3/c1-24(2)16-26-12-11-25(15-20(26)18-7-5-6-8-19(18)24)23(27)14-17-9-10-21(28-3)22(13-17)29-4/h5-10,13,20H,11-12,14-16H2,1-4H3. The van der Waals surface area contributed by atoms with Gasteiger partial charge in [-0.1, -0.05) is 44.2 Å². The van der Waals surface area contributed by atoms with E-state index in [0.717, 1.165) is 31.7 Å². The first-order valence-corrected chi connectivity index (χ1v) is 10.2. The van der Waals surface area contributed by atoms with Crippen LogP contribution in [-0.2, 0) is 16.6 Å². The monoisotopic (exact) mass is 394 g/mol. The second-order valence-electron chi connectivity index (χ2n) is 8.66. The van der Waals surface area contributed by atoms with Crippen LogP contribution in [0, 0.1) is 0 Å². The van der Waals surface area contributed by atoms with Crippen molar-refractivity contribution in [3.63, 3.8) is 0 Å². The van der Waals surface area contributed by atoms with Crippen molar-refractivity contribution in [2.75, 3.05) is 40.4 Å². The Labute approximate surface area is 173 Å². The molecule has 154 valence electrons. The smallest absolute Gasteiger partial charge is 0.227 e. The molecule has 0 N–H and O–H groups in total. The summed E-state index contributed by atoms with van der Waals surface area (Å²) in [5.74, 6) is 1.50. The molecule has 0 saturated carbocycles. The molecule has 0 aliphatic carbocycles. The van der Waals surface area contributed by atoms with Crippen LogP contribution in [0.15, 0.2) is 42.5 Å². The summed E-state index contributed by atoms with van der Waals surface area (Å²) in [4.78, 5) is 17.6. The average molecular weight is 395 g/mol. The number of methoxy groups -OCH3 is 2. The number of hydrogen-bond acceptors (Lipinski definition) is 4. The molecule has 1 amide bonds. The molecule has 2 heterocycles. The van der Waals surface area contributed by atoms with Gasteiger partial charge in [-0.25, -0.2) is 0 Å². The number of nitrogens with zero attached hydrogens (tertiary/aromatic N) is 2. The summed E-state index contributed by atoms with van der Waals surface area (Å²) in [6.07, 6.45) is 0.375. The molecular formula is C24H30N2O3. The highest BCUT2D eigenvalue weighted by atomic mass is 16.5. The van der Waals surface area contributed by atoms with Crippen LogP contribution in [0.25, 0.3) is 0 Å². The summed E-state index contributed by atoms with van der Waals surface area (Å²) in [7, 11) is 3.23. The number of piperazine rings is 1. The van der Waals surface area contributed by atoms with E-state index in [0.29, 0.717) is 17.9 Å². The van der Waals surface area contributed by atoms with Gasteiger partial charge in [-0.15, -0.1) is 0 Å². The molecule has 0 bridgehead atoms. The van der Waals surface area contributed by atoms with Crippen molar-refractivity contribution in [1.82, 2.24) is 9.80 Å². The SMILES string of the molecule is COc1ccc(CC(=O)N2CCN3CC(C)(C)c4ccccc4C3C2)cc1OC. The van der Waals surface area contributed by atoms with E-state index in [1.807, 2.05) is 23.1 Å². The van der Waals surface area contributed by atoms with E-state index in [9.17, 15) is 4.79 Å². The molecule has 1 atom stereocenters. The Morgan fingerprint density at radius 2 is 1.83 bits per heavy atom. The summed E-state index contributed by atoms with van der Waals surface area (Å²) in [5, 5.41) is 0. The van der Waals surface area contributed by atoms with Crippen LogP contribution in [0.1, 0.15) is 36.6 Å². The molecule has 1 saturated heterocycles. The van der Waals surface area contributed by atoms with E-state index in [-0.39, 0.29) is 17.4 Å². The lowest BCUT2D eigenvalue weighted by molar-refractivity contribution is -0.134. The van der Waals surface area contributed by atoms with E-state index in [1.54, 1.807) is 14.2 Å². The van der Waals surface area contributed by atoms with Gasteiger partial charge in [-0.2, -0.15) is 0 Å². The van der Waals surface area contributed by atoms with Gasteiger partial charge >= 0.3 is 0 Å². The van der Waals surface area contributed by atoms with Crippen LogP contribution < -0.4 is 9.47 Å². The highest BCUT2D eigenvalue weighted by Gasteiger charge is 2.40. The third-order valence-electron chi connectivity index (χ3n) is 6.29. The largest absolute Gasteiger partial charge is 0.493 e. The predicted molar refractivity (Wildman–Crippen MR) is 114 cm³/mol. The number of rotatable bonds is 4. The Kier molecular flexibility index (Phi) is 5.26. The van der Waals surface area contributed by atoms with Gasteiger partial charge in [0, 0.05) is 31.6 Å². The van der Waals surface area contributed by atoms with Crippen LogP contribution in [0.4, 0.5) is 0 Å². The molecule has 1 fully saturated rings. The Morgan fingerprint density at radius 3 is 2.59 bits per heavy atom. The summed E-state index contributed by atoms with van der Waals surface area (Å²) in [5.41, 5.74) is 3.86. The number of amides is 1.